The highest BCUT2D eigenvalue weighted by molar-refractivity contribution is 8.15. The lowest BCUT2D eigenvalue weighted by Crippen LogP contribution is -1.93. The largest absolute Gasteiger partial charge is 0.384 e. The minimum Gasteiger partial charge on any atom is -0.384 e. The van der Waals surface area contributed by atoms with Crippen molar-refractivity contribution in [2.45, 2.75) is 5.03 Å². The molecule has 2 aromatic rings. The lowest BCUT2D eigenvalue weighted by molar-refractivity contribution is 0.859. The Kier molecular flexibility index (Phi) is 2.15. The average Bonchev–Trinajstić information content (AvgIpc) is 2.43. The Morgan fingerprint density at radius 3 is 2.71 bits per heavy atom. The fourth-order valence-electron chi connectivity index (χ4n) is 1.67. The van der Waals surface area contributed by atoms with E-state index in [0.717, 1.165) is 5.52 Å². The summed E-state index contributed by atoms with van der Waals surface area (Å²) in [5.41, 5.74) is 6.80. The summed E-state index contributed by atoms with van der Waals surface area (Å²) in [6.07, 6.45) is 6.34. The van der Waals surface area contributed by atoms with Gasteiger partial charge in [0.1, 0.15) is 5.82 Å². The van der Waals surface area contributed by atoms with Crippen LogP contribution in [-0.2, 0) is 7.05 Å². The third-order valence-corrected chi connectivity index (χ3v) is 3.73. The van der Waals surface area contributed by atoms with Crippen molar-refractivity contribution in [3.63, 3.8) is 0 Å². The van der Waals surface area contributed by atoms with Gasteiger partial charge in [-0.3, -0.25) is 0 Å². The predicted octanol–water partition coefficient (Wildman–Crippen LogP) is 1.78. The third-order valence-electron chi connectivity index (χ3n) is 2.38. The first-order chi connectivity index (χ1) is 6.59. The molecule has 14 heavy (non-hydrogen) atoms. The molecule has 2 N–H and O–H groups in total. The van der Waals surface area contributed by atoms with E-state index < -0.39 is 0 Å². The van der Waals surface area contributed by atoms with E-state index in [1.54, 1.807) is 0 Å². The normalized spacial score (nSPS) is 12.1. The SMILES string of the molecule is Cn1c([SH](C)C)cc2cc(N)ncc21. The van der Waals surface area contributed by atoms with Crippen LogP contribution in [0, 0.1) is 0 Å². The molecule has 0 spiro atoms. The van der Waals surface area contributed by atoms with Gasteiger partial charge in [-0.25, -0.2) is 15.9 Å². The summed E-state index contributed by atoms with van der Waals surface area (Å²) in [5.74, 6) is 0.589. The first-order valence-electron chi connectivity index (χ1n) is 4.48. The zero-order chi connectivity index (χ0) is 10.3. The molecule has 0 aliphatic heterocycles. The van der Waals surface area contributed by atoms with Gasteiger partial charge in [0.05, 0.1) is 16.7 Å². The van der Waals surface area contributed by atoms with Crippen molar-refractivity contribution in [3.8, 4) is 0 Å². The number of fused-ring (bicyclic) bond motifs is 1. The Labute approximate surface area is 86.3 Å². The minimum atomic E-state index is -0.0785. The third kappa shape index (κ3) is 1.35. The molecular formula is C10H15N3S. The Morgan fingerprint density at radius 1 is 1.36 bits per heavy atom. The molecule has 2 aromatic heterocycles. The molecule has 2 rings (SSSR count). The minimum absolute atomic E-state index is 0.0785. The van der Waals surface area contributed by atoms with Crippen LogP contribution >= 0.6 is 10.9 Å². The van der Waals surface area contributed by atoms with Gasteiger partial charge >= 0.3 is 0 Å². The standard InChI is InChI=1S/C10H15N3S/c1-13-8-6-12-9(11)4-7(8)5-10(13)14(2)3/h4-6,14H,1-3H3,(H2,11,12). The first kappa shape index (κ1) is 9.40. The summed E-state index contributed by atoms with van der Waals surface area (Å²) in [6.45, 7) is 0. The number of aryl methyl sites for hydroxylation is 1. The van der Waals surface area contributed by atoms with Gasteiger partial charge in [-0.15, -0.1) is 0 Å². The maximum Gasteiger partial charge on any atom is 0.124 e. The molecule has 0 atom stereocenters. The van der Waals surface area contributed by atoms with E-state index in [2.05, 4.69) is 35.2 Å². The monoisotopic (exact) mass is 209 g/mol. The second-order valence-corrected chi connectivity index (χ2v) is 5.87. The number of nitrogens with two attached hydrogens (primary N) is 1. The van der Waals surface area contributed by atoms with E-state index in [-0.39, 0.29) is 10.9 Å². The number of hydrogen-bond donors (Lipinski definition) is 2. The van der Waals surface area contributed by atoms with Crippen LogP contribution < -0.4 is 5.73 Å². The van der Waals surface area contributed by atoms with E-state index >= 15 is 0 Å². The van der Waals surface area contributed by atoms with E-state index in [1.165, 1.54) is 10.4 Å². The van der Waals surface area contributed by atoms with Crippen molar-refractivity contribution >= 4 is 27.6 Å². The smallest absolute Gasteiger partial charge is 0.124 e. The number of thiol groups is 1. The zero-order valence-corrected chi connectivity index (χ0v) is 9.55. The number of hydrogen-bond acceptors (Lipinski definition) is 2. The van der Waals surface area contributed by atoms with Gasteiger partial charge in [0.15, 0.2) is 0 Å². The quantitative estimate of drug-likeness (QED) is 0.703. The Hall–Kier alpha value is -1.16. The van der Waals surface area contributed by atoms with Gasteiger partial charge in [0, 0.05) is 12.4 Å². The molecule has 0 unspecified atom stereocenters. The van der Waals surface area contributed by atoms with Crippen LogP contribution in [0.5, 0.6) is 0 Å². The van der Waals surface area contributed by atoms with Gasteiger partial charge in [-0.2, -0.15) is 0 Å². The van der Waals surface area contributed by atoms with Crippen LogP contribution in [0.4, 0.5) is 5.82 Å². The predicted molar refractivity (Wildman–Crippen MR) is 64.2 cm³/mol. The van der Waals surface area contributed by atoms with Gasteiger partial charge in [-0.1, -0.05) is 0 Å². The Bertz CT molecular complexity index is 473. The molecule has 0 saturated heterocycles. The maximum atomic E-state index is 5.64. The van der Waals surface area contributed by atoms with E-state index in [0.29, 0.717) is 5.82 Å². The molecule has 0 saturated carbocycles. The van der Waals surface area contributed by atoms with Crippen LogP contribution in [0.3, 0.4) is 0 Å². The molecule has 2 heterocycles. The lowest BCUT2D eigenvalue weighted by atomic mass is 10.3. The highest BCUT2D eigenvalue weighted by Crippen LogP contribution is 2.33. The van der Waals surface area contributed by atoms with Crippen LogP contribution in [0.15, 0.2) is 23.4 Å². The van der Waals surface area contributed by atoms with Crippen molar-refractivity contribution < 1.29 is 0 Å². The molecule has 0 amide bonds. The highest BCUT2D eigenvalue weighted by Gasteiger charge is 2.07. The van der Waals surface area contributed by atoms with E-state index in [4.69, 9.17) is 5.73 Å². The number of pyridine rings is 1. The van der Waals surface area contributed by atoms with Crippen LogP contribution in [0.1, 0.15) is 0 Å². The van der Waals surface area contributed by atoms with Crippen molar-refractivity contribution in [2.75, 3.05) is 18.2 Å². The van der Waals surface area contributed by atoms with Gasteiger partial charge in [0.2, 0.25) is 0 Å². The first-order valence-corrected chi connectivity index (χ1v) is 6.71. The van der Waals surface area contributed by atoms with Crippen LogP contribution in [0.25, 0.3) is 10.9 Å². The summed E-state index contributed by atoms with van der Waals surface area (Å²) >= 11 is 0. The number of nitrogens with zero attached hydrogens (tertiary/aromatic N) is 2. The second kappa shape index (κ2) is 3.20. The molecule has 3 nitrogen and oxygen atoms in total. The molecule has 0 aliphatic carbocycles. The van der Waals surface area contributed by atoms with Crippen molar-refractivity contribution in [3.05, 3.63) is 18.3 Å². The number of anilines is 1. The Morgan fingerprint density at radius 2 is 2.07 bits per heavy atom. The van der Waals surface area contributed by atoms with Gasteiger partial charge in [-0.05, 0) is 24.6 Å². The molecule has 0 radical (unpaired) electrons. The lowest BCUT2D eigenvalue weighted by Gasteiger charge is -2.10. The molecule has 76 valence electrons. The topological polar surface area (TPSA) is 43.8 Å². The average molecular weight is 209 g/mol. The Balaban J connectivity index is 2.73. The molecular weight excluding hydrogens is 194 g/mol. The summed E-state index contributed by atoms with van der Waals surface area (Å²) in [4.78, 5) is 4.10. The summed E-state index contributed by atoms with van der Waals surface area (Å²) < 4.78 is 2.20. The van der Waals surface area contributed by atoms with Crippen LogP contribution in [-0.4, -0.2) is 22.1 Å². The van der Waals surface area contributed by atoms with Crippen molar-refractivity contribution in [2.24, 2.45) is 7.05 Å². The summed E-state index contributed by atoms with van der Waals surface area (Å²) in [6, 6.07) is 4.14. The summed E-state index contributed by atoms with van der Waals surface area (Å²) in [5, 5.41) is 2.56. The molecule has 0 fully saturated rings. The number of nitrogen functional groups attached to an aromatic ring is 1. The number of aromatic nitrogens is 2. The molecule has 0 aromatic carbocycles. The number of rotatable bonds is 1. The van der Waals surface area contributed by atoms with E-state index in [1.807, 2.05) is 12.3 Å². The fourth-order valence-corrected chi connectivity index (χ4v) is 2.77. The van der Waals surface area contributed by atoms with E-state index in [9.17, 15) is 0 Å². The maximum absolute atomic E-state index is 5.64. The van der Waals surface area contributed by atoms with Crippen molar-refractivity contribution in [1.82, 2.24) is 9.55 Å². The molecule has 0 aliphatic rings. The molecule has 4 heteroatoms. The highest BCUT2D eigenvalue weighted by atomic mass is 32.2. The summed E-state index contributed by atoms with van der Waals surface area (Å²) in [7, 11) is 2.00. The van der Waals surface area contributed by atoms with Crippen molar-refractivity contribution in [1.29, 1.82) is 0 Å². The van der Waals surface area contributed by atoms with Crippen LogP contribution in [0.2, 0.25) is 0 Å². The fraction of sp³-hybridized carbons (Fsp3) is 0.300. The van der Waals surface area contributed by atoms with Gasteiger partial charge in [0.25, 0.3) is 0 Å². The molecule has 0 bridgehead atoms. The van der Waals surface area contributed by atoms with Gasteiger partial charge < -0.3 is 10.3 Å². The zero-order valence-electron chi connectivity index (χ0n) is 8.65. The second-order valence-electron chi connectivity index (χ2n) is 3.62.